The summed E-state index contributed by atoms with van der Waals surface area (Å²) in [6.45, 7) is 0.872. The lowest BCUT2D eigenvalue weighted by Crippen LogP contribution is -2.25. The number of rotatable bonds is 4. The number of hydrogen-bond acceptors (Lipinski definition) is 3. The van der Waals surface area contributed by atoms with E-state index in [-0.39, 0.29) is 5.69 Å². The molecule has 0 bridgehead atoms. The fraction of sp³-hybridized carbons (Fsp3) is 0.0870. The molecule has 0 atom stereocenters. The van der Waals surface area contributed by atoms with E-state index in [1.165, 1.54) is 0 Å². The van der Waals surface area contributed by atoms with Gasteiger partial charge in [-0.3, -0.25) is 9.13 Å². The first-order chi connectivity index (χ1) is 13.7. The van der Waals surface area contributed by atoms with Gasteiger partial charge in [0.2, 0.25) is 0 Å². The van der Waals surface area contributed by atoms with Gasteiger partial charge in [-0.15, -0.1) is 0 Å². The molecule has 0 aliphatic carbocycles. The van der Waals surface area contributed by atoms with Gasteiger partial charge in [0.1, 0.15) is 0 Å². The minimum absolute atomic E-state index is 0.0880. The molecule has 5 nitrogen and oxygen atoms in total. The summed E-state index contributed by atoms with van der Waals surface area (Å²) in [5.41, 5.74) is 4.76. The van der Waals surface area contributed by atoms with Crippen LogP contribution >= 0.6 is 0 Å². The molecule has 5 heteroatoms. The summed E-state index contributed by atoms with van der Waals surface area (Å²) < 4.78 is 3.50. The zero-order valence-corrected chi connectivity index (χ0v) is 15.0. The Morgan fingerprint density at radius 3 is 1.39 bits per heavy atom. The maximum absolute atomic E-state index is 13.2. The predicted molar refractivity (Wildman–Crippen MR) is 107 cm³/mol. The molecule has 0 unspecified atom stereocenters. The molecule has 1 aromatic heterocycles. The highest BCUT2D eigenvalue weighted by atomic mass is 16.1. The number of para-hydroxylation sites is 2. The van der Waals surface area contributed by atoms with Crippen molar-refractivity contribution in [2.24, 2.45) is 0 Å². The molecule has 28 heavy (non-hydrogen) atoms. The number of nitrogens with zero attached hydrogens (tertiary/aromatic N) is 4. The van der Waals surface area contributed by atoms with Crippen LogP contribution in [0.2, 0.25) is 0 Å². The monoisotopic (exact) mass is 364 g/mol. The third-order valence-electron chi connectivity index (χ3n) is 4.77. The zero-order chi connectivity index (χ0) is 19.5. The summed E-state index contributed by atoms with van der Waals surface area (Å²) in [5, 5.41) is 17.9. The summed E-state index contributed by atoms with van der Waals surface area (Å²) in [6, 6.07) is 26.5. The molecule has 3 aromatic carbocycles. The SMILES string of the molecule is N#Cc1ccc(Cn2c(=O)n(Cc3ccc(C#N)cc3)c3ccccc32)cc1. The van der Waals surface area contributed by atoms with Crippen LogP contribution in [0.5, 0.6) is 0 Å². The van der Waals surface area contributed by atoms with Crippen molar-refractivity contribution in [1.82, 2.24) is 9.13 Å². The van der Waals surface area contributed by atoms with Crippen LogP contribution in [0.4, 0.5) is 0 Å². The summed E-state index contributed by atoms with van der Waals surface area (Å²) >= 11 is 0. The van der Waals surface area contributed by atoms with Crippen LogP contribution in [0, 0.1) is 22.7 Å². The van der Waals surface area contributed by atoms with E-state index in [1.807, 2.05) is 48.5 Å². The minimum Gasteiger partial charge on any atom is -0.287 e. The van der Waals surface area contributed by atoms with Gasteiger partial charge in [-0.25, -0.2) is 4.79 Å². The molecular formula is C23H16N4O. The molecule has 4 rings (SSSR count). The van der Waals surface area contributed by atoms with E-state index >= 15 is 0 Å². The van der Waals surface area contributed by atoms with Crippen molar-refractivity contribution in [2.75, 3.05) is 0 Å². The maximum atomic E-state index is 13.2. The van der Waals surface area contributed by atoms with Gasteiger partial charge in [0.15, 0.2) is 0 Å². The van der Waals surface area contributed by atoms with Gasteiger partial charge in [0.05, 0.1) is 47.4 Å². The van der Waals surface area contributed by atoms with Crippen LogP contribution in [-0.4, -0.2) is 9.13 Å². The molecule has 0 aliphatic rings. The Morgan fingerprint density at radius 2 is 1.04 bits per heavy atom. The fourth-order valence-electron chi connectivity index (χ4n) is 3.31. The van der Waals surface area contributed by atoms with Gasteiger partial charge in [0, 0.05) is 0 Å². The highest BCUT2D eigenvalue weighted by molar-refractivity contribution is 5.76. The van der Waals surface area contributed by atoms with Crippen molar-refractivity contribution in [3.63, 3.8) is 0 Å². The second-order valence-electron chi connectivity index (χ2n) is 6.56. The van der Waals surface area contributed by atoms with Crippen molar-refractivity contribution in [3.05, 3.63) is 106 Å². The second-order valence-corrected chi connectivity index (χ2v) is 6.56. The van der Waals surface area contributed by atoms with Crippen LogP contribution in [0.15, 0.2) is 77.6 Å². The molecule has 0 aliphatic heterocycles. The fourth-order valence-corrected chi connectivity index (χ4v) is 3.31. The molecule has 0 spiro atoms. The van der Waals surface area contributed by atoms with E-state index in [4.69, 9.17) is 10.5 Å². The first-order valence-corrected chi connectivity index (χ1v) is 8.86. The average Bonchev–Trinajstić information content (AvgIpc) is 3.01. The lowest BCUT2D eigenvalue weighted by atomic mass is 10.1. The maximum Gasteiger partial charge on any atom is 0.329 e. The second kappa shape index (κ2) is 7.26. The van der Waals surface area contributed by atoms with Gasteiger partial charge >= 0.3 is 5.69 Å². The highest BCUT2D eigenvalue weighted by Crippen LogP contribution is 2.16. The first-order valence-electron chi connectivity index (χ1n) is 8.86. The normalized spacial score (nSPS) is 10.5. The third kappa shape index (κ3) is 3.18. The highest BCUT2D eigenvalue weighted by Gasteiger charge is 2.13. The van der Waals surface area contributed by atoms with Gasteiger partial charge in [-0.1, -0.05) is 36.4 Å². The Morgan fingerprint density at radius 1 is 0.643 bits per heavy atom. The number of fused-ring (bicyclic) bond motifs is 1. The molecule has 0 fully saturated rings. The lowest BCUT2D eigenvalue weighted by molar-refractivity contribution is 0.701. The van der Waals surface area contributed by atoms with E-state index in [9.17, 15) is 4.79 Å². The van der Waals surface area contributed by atoms with E-state index in [0.29, 0.717) is 24.2 Å². The van der Waals surface area contributed by atoms with Crippen LogP contribution in [0.1, 0.15) is 22.3 Å². The standard InChI is InChI=1S/C23H16N4O/c24-13-17-5-9-19(10-6-17)15-26-21-3-1-2-4-22(21)27(23(26)28)16-20-11-7-18(14-25)8-12-20/h1-12H,15-16H2. The Bertz CT molecular complexity index is 1180. The van der Waals surface area contributed by atoms with Gasteiger partial charge in [0.25, 0.3) is 0 Å². The average molecular weight is 364 g/mol. The van der Waals surface area contributed by atoms with Gasteiger partial charge < -0.3 is 0 Å². The molecule has 0 saturated carbocycles. The van der Waals surface area contributed by atoms with E-state index < -0.39 is 0 Å². The molecule has 134 valence electrons. The van der Waals surface area contributed by atoms with E-state index in [1.54, 1.807) is 33.4 Å². The minimum atomic E-state index is -0.0880. The van der Waals surface area contributed by atoms with Crippen molar-refractivity contribution in [1.29, 1.82) is 10.5 Å². The molecule has 0 saturated heterocycles. The first kappa shape index (κ1) is 17.3. The van der Waals surface area contributed by atoms with E-state index in [0.717, 1.165) is 22.2 Å². The Balaban J connectivity index is 1.75. The summed E-state index contributed by atoms with van der Waals surface area (Å²) in [7, 11) is 0. The van der Waals surface area contributed by atoms with Crippen molar-refractivity contribution in [2.45, 2.75) is 13.1 Å². The topological polar surface area (TPSA) is 74.5 Å². The molecular weight excluding hydrogens is 348 g/mol. The third-order valence-corrected chi connectivity index (χ3v) is 4.77. The van der Waals surface area contributed by atoms with Crippen molar-refractivity contribution >= 4 is 11.0 Å². The lowest BCUT2D eigenvalue weighted by Gasteiger charge is -2.04. The number of benzene rings is 3. The molecule has 0 radical (unpaired) electrons. The van der Waals surface area contributed by atoms with Crippen LogP contribution < -0.4 is 5.69 Å². The molecule has 1 heterocycles. The molecule has 4 aromatic rings. The van der Waals surface area contributed by atoms with Crippen molar-refractivity contribution in [3.8, 4) is 12.1 Å². The molecule has 0 N–H and O–H groups in total. The van der Waals surface area contributed by atoms with Crippen molar-refractivity contribution < 1.29 is 0 Å². The van der Waals surface area contributed by atoms with Crippen LogP contribution in [0.25, 0.3) is 11.0 Å². The zero-order valence-electron chi connectivity index (χ0n) is 15.0. The predicted octanol–water partition coefficient (Wildman–Crippen LogP) is 3.64. The quantitative estimate of drug-likeness (QED) is 0.555. The van der Waals surface area contributed by atoms with E-state index in [2.05, 4.69) is 12.1 Å². The largest absolute Gasteiger partial charge is 0.329 e. The summed E-state index contributed by atoms with van der Waals surface area (Å²) in [6.07, 6.45) is 0. The summed E-state index contributed by atoms with van der Waals surface area (Å²) in [4.78, 5) is 13.2. The number of imidazole rings is 1. The van der Waals surface area contributed by atoms with Crippen LogP contribution in [-0.2, 0) is 13.1 Å². The van der Waals surface area contributed by atoms with Gasteiger partial charge in [-0.2, -0.15) is 10.5 Å². The molecule has 0 amide bonds. The number of aromatic nitrogens is 2. The van der Waals surface area contributed by atoms with Crippen LogP contribution in [0.3, 0.4) is 0 Å². The Labute approximate surface area is 161 Å². The summed E-state index contributed by atoms with van der Waals surface area (Å²) in [5.74, 6) is 0. The Hall–Kier alpha value is -4.09. The Kier molecular flexibility index (Phi) is 4.50. The number of nitriles is 2. The number of hydrogen-bond donors (Lipinski definition) is 0. The smallest absolute Gasteiger partial charge is 0.287 e. The van der Waals surface area contributed by atoms with Gasteiger partial charge in [-0.05, 0) is 47.5 Å².